The van der Waals surface area contributed by atoms with Crippen molar-refractivity contribution in [1.82, 2.24) is 0 Å². The summed E-state index contributed by atoms with van der Waals surface area (Å²) in [6.45, 7) is 4.16. The molecule has 0 radical (unpaired) electrons. The standard InChI is InChI=1S/C10H21NO.C5H13N/c11-9-7-5-3-1-2-4-6-8-10-12;1-2-3-4-5-6/h1-2,12H,3-11H2;2-6H2,1H3/b2-1-;. The molecule has 0 fully saturated rings. The second kappa shape index (κ2) is 21.9. The van der Waals surface area contributed by atoms with Gasteiger partial charge in [0.1, 0.15) is 0 Å². The Hall–Kier alpha value is -0.380. The summed E-state index contributed by atoms with van der Waals surface area (Å²) in [5.41, 5.74) is 10.6. The molecule has 0 saturated heterocycles. The topological polar surface area (TPSA) is 72.3 Å². The van der Waals surface area contributed by atoms with Gasteiger partial charge in [-0.2, -0.15) is 0 Å². The Morgan fingerprint density at radius 2 is 1.28 bits per heavy atom. The minimum Gasteiger partial charge on any atom is -0.396 e. The van der Waals surface area contributed by atoms with Gasteiger partial charge in [-0.25, -0.2) is 0 Å². The van der Waals surface area contributed by atoms with Crippen LogP contribution in [0.25, 0.3) is 0 Å². The lowest BCUT2D eigenvalue weighted by molar-refractivity contribution is 0.285. The second-order valence-corrected chi connectivity index (χ2v) is 4.47. The molecule has 0 aromatic carbocycles. The molecule has 0 aliphatic carbocycles. The number of hydrogen-bond acceptors (Lipinski definition) is 3. The summed E-state index contributed by atoms with van der Waals surface area (Å²) >= 11 is 0. The lowest BCUT2D eigenvalue weighted by Crippen LogP contribution is -1.96. The van der Waals surface area contributed by atoms with E-state index in [4.69, 9.17) is 16.6 Å². The van der Waals surface area contributed by atoms with Crippen molar-refractivity contribution in [3.8, 4) is 0 Å². The highest BCUT2D eigenvalue weighted by molar-refractivity contribution is 4.81. The van der Waals surface area contributed by atoms with Crippen molar-refractivity contribution >= 4 is 0 Å². The number of unbranched alkanes of at least 4 members (excludes halogenated alkanes) is 6. The van der Waals surface area contributed by atoms with E-state index in [9.17, 15) is 0 Å². The second-order valence-electron chi connectivity index (χ2n) is 4.47. The summed E-state index contributed by atoms with van der Waals surface area (Å²) in [4.78, 5) is 0. The molecular weight excluding hydrogens is 224 g/mol. The Balaban J connectivity index is 0. The molecule has 0 amide bonds. The molecule has 110 valence electrons. The maximum atomic E-state index is 8.50. The Bertz CT molecular complexity index is 133. The molecule has 3 nitrogen and oxygen atoms in total. The monoisotopic (exact) mass is 258 g/mol. The zero-order valence-corrected chi connectivity index (χ0v) is 12.2. The van der Waals surface area contributed by atoms with E-state index in [1.807, 2.05) is 0 Å². The summed E-state index contributed by atoms with van der Waals surface area (Å²) in [7, 11) is 0. The van der Waals surface area contributed by atoms with Gasteiger partial charge < -0.3 is 16.6 Å². The minimum atomic E-state index is 0.320. The molecule has 5 N–H and O–H groups in total. The van der Waals surface area contributed by atoms with Crippen molar-refractivity contribution in [2.45, 2.75) is 64.7 Å². The number of aliphatic hydroxyl groups is 1. The van der Waals surface area contributed by atoms with Crippen LogP contribution in [-0.4, -0.2) is 24.8 Å². The highest BCUT2D eigenvalue weighted by Gasteiger charge is 1.83. The number of aliphatic hydroxyl groups excluding tert-OH is 1. The van der Waals surface area contributed by atoms with Crippen LogP contribution >= 0.6 is 0 Å². The molecule has 0 bridgehead atoms. The average molecular weight is 258 g/mol. The number of allylic oxidation sites excluding steroid dienone is 2. The van der Waals surface area contributed by atoms with Crippen LogP contribution in [-0.2, 0) is 0 Å². The van der Waals surface area contributed by atoms with Gasteiger partial charge in [-0.3, -0.25) is 0 Å². The molecule has 0 atom stereocenters. The van der Waals surface area contributed by atoms with Crippen molar-refractivity contribution in [3.05, 3.63) is 12.2 Å². The Labute approximate surface area is 114 Å². The van der Waals surface area contributed by atoms with Crippen LogP contribution in [0.15, 0.2) is 12.2 Å². The zero-order valence-electron chi connectivity index (χ0n) is 12.2. The molecule has 18 heavy (non-hydrogen) atoms. The maximum absolute atomic E-state index is 8.50. The fraction of sp³-hybridized carbons (Fsp3) is 0.867. The first kappa shape index (κ1) is 19.9. The van der Waals surface area contributed by atoms with Crippen molar-refractivity contribution in [2.75, 3.05) is 19.7 Å². The van der Waals surface area contributed by atoms with Gasteiger partial charge in [-0.15, -0.1) is 0 Å². The molecule has 0 unspecified atom stereocenters. The van der Waals surface area contributed by atoms with Gasteiger partial charge in [-0.05, 0) is 58.0 Å². The quantitative estimate of drug-likeness (QED) is 0.394. The number of nitrogens with two attached hydrogens (primary N) is 2. The van der Waals surface area contributed by atoms with Gasteiger partial charge in [-0.1, -0.05) is 31.9 Å². The molecule has 0 heterocycles. The van der Waals surface area contributed by atoms with E-state index in [2.05, 4.69) is 19.1 Å². The average Bonchev–Trinajstić information content (AvgIpc) is 2.40. The van der Waals surface area contributed by atoms with E-state index < -0.39 is 0 Å². The molecule has 0 aliphatic rings. The van der Waals surface area contributed by atoms with Gasteiger partial charge in [0, 0.05) is 6.61 Å². The first-order chi connectivity index (χ1) is 8.83. The Morgan fingerprint density at radius 1 is 0.778 bits per heavy atom. The SMILES string of the molecule is CCCCCN.NCCCC/C=C\CCCCO. The van der Waals surface area contributed by atoms with E-state index in [0.717, 1.165) is 45.2 Å². The normalized spacial score (nSPS) is 10.4. The lowest BCUT2D eigenvalue weighted by atomic mass is 10.2. The zero-order chi connectivity index (χ0) is 13.9. The summed E-state index contributed by atoms with van der Waals surface area (Å²) in [5.74, 6) is 0. The fourth-order valence-electron chi connectivity index (χ4n) is 1.41. The van der Waals surface area contributed by atoms with Crippen LogP contribution in [0.5, 0.6) is 0 Å². The van der Waals surface area contributed by atoms with Crippen LogP contribution in [0.2, 0.25) is 0 Å². The molecule has 0 aromatic rings. The van der Waals surface area contributed by atoms with Crippen molar-refractivity contribution in [1.29, 1.82) is 0 Å². The van der Waals surface area contributed by atoms with E-state index in [1.165, 1.54) is 25.7 Å². The number of rotatable bonds is 11. The molecule has 0 aromatic heterocycles. The number of hydrogen-bond donors (Lipinski definition) is 3. The van der Waals surface area contributed by atoms with E-state index in [-0.39, 0.29) is 0 Å². The molecule has 0 spiro atoms. The van der Waals surface area contributed by atoms with Crippen molar-refractivity contribution in [2.24, 2.45) is 11.5 Å². The van der Waals surface area contributed by atoms with E-state index in [0.29, 0.717) is 6.61 Å². The Morgan fingerprint density at radius 3 is 1.67 bits per heavy atom. The molecule has 0 saturated carbocycles. The van der Waals surface area contributed by atoms with Gasteiger partial charge in [0.15, 0.2) is 0 Å². The summed E-state index contributed by atoms with van der Waals surface area (Å²) in [6.07, 6.45) is 14.8. The predicted molar refractivity (Wildman–Crippen MR) is 81.6 cm³/mol. The van der Waals surface area contributed by atoms with Crippen molar-refractivity contribution in [3.63, 3.8) is 0 Å². The molecule has 0 rings (SSSR count). The van der Waals surface area contributed by atoms with Crippen LogP contribution < -0.4 is 11.5 Å². The third-order valence-electron chi connectivity index (χ3n) is 2.58. The highest BCUT2D eigenvalue weighted by atomic mass is 16.2. The largest absolute Gasteiger partial charge is 0.396 e. The Kier molecular flexibility index (Phi) is 24.2. The van der Waals surface area contributed by atoms with Crippen LogP contribution in [0.3, 0.4) is 0 Å². The first-order valence-electron chi connectivity index (χ1n) is 7.49. The van der Waals surface area contributed by atoms with Crippen LogP contribution in [0, 0.1) is 0 Å². The molecule has 3 heteroatoms. The predicted octanol–water partition coefficient (Wildman–Crippen LogP) is 2.97. The van der Waals surface area contributed by atoms with Gasteiger partial charge in [0.25, 0.3) is 0 Å². The van der Waals surface area contributed by atoms with Crippen LogP contribution in [0.4, 0.5) is 0 Å². The van der Waals surface area contributed by atoms with Crippen LogP contribution in [0.1, 0.15) is 64.7 Å². The van der Waals surface area contributed by atoms with Gasteiger partial charge in [0.2, 0.25) is 0 Å². The smallest absolute Gasteiger partial charge is 0.0431 e. The summed E-state index contributed by atoms with van der Waals surface area (Å²) in [5, 5.41) is 8.50. The molecular formula is C15H34N2O. The third kappa shape index (κ3) is 24.7. The van der Waals surface area contributed by atoms with E-state index >= 15 is 0 Å². The lowest BCUT2D eigenvalue weighted by Gasteiger charge is -1.93. The maximum Gasteiger partial charge on any atom is 0.0431 e. The van der Waals surface area contributed by atoms with Crippen molar-refractivity contribution < 1.29 is 5.11 Å². The van der Waals surface area contributed by atoms with Gasteiger partial charge in [0.05, 0.1) is 0 Å². The fourth-order valence-corrected chi connectivity index (χ4v) is 1.41. The first-order valence-corrected chi connectivity index (χ1v) is 7.49. The van der Waals surface area contributed by atoms with Gasteiger partial charge >= 0.3 is 0 Å². The summed E-state index contributed by atoms with van der Waals surface area (Å²) < 4.78 is 0. The third-order valence-corrected chi connectivity index (χ3v) is 2.58. The highest BCUT2D eigenvalue weighted by Crippen LogP contribution is 1.99. The summed E-state index contributed by atoms with van der Waals surface area (Å²) in [6, 6.07) is 0. The molecule has 0 aliphatic heterocycles. The van der Waals surface area contributed by atoms with E-state index in [1.54, 1.807) is 0 Å². The minimum absolute atomic E-state index is 0.320.